The topological polar surface area (TPSA) is 59.5 Å². The Morgan fingerprint density at radius 2 is 1.87 bits per heavy atom. The van der Waals surface area contributed by atoms with Gasteiger partial charge in [0, 0.05) is 24.8 Å². The fourth-order valence-electron chi connectivity index (χ4n) is 2.09. The molecule has 2 rings (SSSR count). The fourth-order valence-corrected chi connectivity index (χ4v) is 2.09. The van der Waals surface area contributed by atoms with E-state index in [-0.39, 0.29) is 18.7 Å². The number of likely N-dealkylation sites (tertiary alicyclic amines) is 1. The second kappa shape index (κ2) is 5.82. The zero-order chi connectivity index (χ0) is 17.4. The monoisotopic (exact) mass is 330 g/mol. The highest BCUT2D eigenvalue weighted by atomic mass is 19.4. The summed E-state index contributed by atoms with van der Waals surface area (Å²) in [6.45, 7) is 5.45. The summed E-state index contributed by atoms with van der Waals surface area (Å²) in [6, 6.07) is 1.98. The summed E-state index contributed by atoms with van der Waals surface area (Å²) in [6.07, 6.45) is -4.18. The number of Topliss-reactive ketones (excluding diaryl/α,β-unsaturated/α-hetero) is 1. The van der Waals surface area contributed by atoms with Crippen molar-refractivity contribution in [2.24, 2.45) is 5.92 Å². The number of amides is 1. The average molecular weight is 330 g/mol. The van der Waals surface area contributed by atoms with E-state index in [9.17, 15) is 22.8 Å². The summed E-state index contributed by atoms with van der Waals surface area (Å²) in [5, 5.41) is 0. The number of carbonyl (C=O) groups excluding carboxylic acids is 2. The molecule has 0 saturated carbocycles. The van der Waals surface area contributed by atoms with Crippen LogP contribution in [0.3, 0.4) is 0 Å². The molecule has 0 aliphatic carbocycles. The van der Waals surface area contributed by atoms with Gasteiger partial charge in [-0.15, -0.1) is 0 Å². The average Bonchev–Trinajstić information content (AvgIpc) is 2.33. The molecule has 5 nitrogen and oxygen atoms in total. The molecule has 8 heteroatoms. The number of ketones is 1. The van der Waals surface area contributed by atoms with Crippen LogP contribution in [0.4, 0.5) is 18.0 Å². The van der Waals surface area contributed by atoms with Gasteiger partial charge < -0.3 is 9.64 Å². The van der Waals surface area contributed by atoms with Gasteiger partial charge in [-0.05, 0) is 32.9 Å². The van der Waals surface area contributed by atoms with E-state index < -0.39 is 35.3 Å². The van der Waals surface area contributed by atoms with Crippen molar-refractivity contribution in [2.45, 2.75) is 32.5 Å². The zero-order valence-electron chi connectivity index (χ0n) is 13.0. The lowest BCUT2D eigenvalue weighted by atomic mass is 9.91. The van der Waals surface area contributed by atoms with Gasteiger partial charge in [-0.25, -0.2) is 4.79 Å². The molecular formula is C15H17F3N2O3. The van der Waals surface area contributed by atoms with Crippen LogP contribution in [0, 0.1) is 5.92 Å². The summed E-state index contributed by atoms with van der Waals surface area (Å²) in [7, 11) is 0. The maximum absolute atomic E-state index is 12.6. The van der Waals surface area contributed by atoms with Crippen LogP contribution < -0.4 is 0 Å². The van der Waals surface area contributed by atoms with Gasteiger partial charge in [-0.2, -0.15) is 13.2 Å². The van der Waals surface area contributed by atoms with E-state index in [0.29, 0.717) is 0 Å². The Balaban J connectivity index is 1.98. The van der Waals surface area contributed by atoms with E-state index in [1.165, 1.54) is 11.0 Å². The summed E-state index contributed by atoms with van der Waals surface area (Å²) >= 11 is 0. The standard InChI is InChI=1S/C15H17F3N2O3/c1-14(2,3)23-13(22)20-7-10(8-20)12(21)9-4-5-19-11(6-9)15(16,17)18/h4-6,10H,7-8H2,1-3H3. The molecule has 1 fully saturated rings. The third-order valence-electron chi connectivity index (χ3n) is 3.24. The lowest BCUT2D eigenvalue weighted by Crippen LogP contribution is -2.54. The number of ether oxygens (including phenoxy) is 1. The molecule has 0 bridgehead atoms. The number of pyridine rings is 1. The predicted octanol–water partition coefficient (Wildman–Crippen LogP) is 3.15. The highest BCUT2D eigenvalue weighted by Gasteiger charge is 2.39. The first kappa shape index (κ1) is 17.2. The Morgan fingerprint density at radius 3 is 2.39 bits per heavy atom. The second-order valence-corrected chi connectivity index (χ2v) is 6.37. The van der Waals surface area contributed by atoms with E-state index in [0.717, 1.165) is 12.3 Å². The van der Waals surface area contributed by atoms with Crippen LogP contribution in [0.15, 0.2) is 18.3 Å². The molecule has 1 saturated heterocycles. The lowest BCUT2D eigenvalue weighted by molar-refractivity contribution is -0.141. The normalized spacial score (nSPS) is 16.0. The molecule has 2 heterocycles. The van der Waals surface area contributed by atoms with E-state index in [2.05, 4.69) is 4.98 Å². The first-order valence-electron chi connectivity index (χ1n) is 7.03. The van der Waals surface area contributed by atoms with Crippen LogP contribution in [0.5, 0.6) is 0 Å². The quantitative estimate of drug-likeness (QED) is 0.782. The molecule has 0 radical (unpaired) electrons. The highest BCUT2D eigenvalue weighted by Crippen LogP contribution is 2.29. The maximum atomic E-state index is 12.6. The minimum absolute atomic E-state index is 0.0545. The van der Waals surface area contributed by atoms with Crippen molar-refractivity contribution in [1.29, 1.82) is 0 Å². The van der Waals surface area contributed by atoms with Gasteiger partial charge in [0.15, 0.2) is 5.78 Å². The van der Waals surface area contributed by atoms with Gasteiger partial charge in [0.1, 0.15) is 11.3 Å². The zero-order valence-corrected chi connectivity index (χ0v) is 13.0. The summed E-state index contributed by atoms with van der Waals surface area (Å²) in [5.41, 5.74) is -1.80. The molecule has 0 unspecified atom stereocenters. The number of hydrogen-bond donors (Lipinski definition) is 0. The number of hydrogen-bond acceptors (Lipinski definition) is 4. The van der Waals surface area contributed by atoms with E-state index >= 15 is 0 Å². The molecule has 1 aromatic rings. The number of alkyl halides is 3. The van der Waals surface area contributed by atoms with Gasteiger partial charge in [0.05, 0.1) is 5.92 Å². The van der Waals surface area contributed by atoms with Gasteiger partial charge in [0.2, 0.25) is 0 Å². The van der Waals surface area contributed by atoms with Gasteiger partial charge in [-0.3, -0.25) is 9.78 Å². The highest BCUT2D eigenvalue weighted by molar-refractivity contribution is 5.99. The Bertz CT molecular complexity index is 617. The predicted molar refractivity (Wildman–Crippen MR) is 74.9 cm³/mol. The van der Waals surface area contributed by atoms with Crippen molar-refractivity contribution >= 4 is 11.9 Å². The van der Waals surface area contributed by atoms with E-state index in [4.69, 9.17) is 4.74 Å². The Kier molecular flexibility index (Phi) is 4.37. The Labute approximate surface area is 131 Å². The third-order valence-corrected chi connectivity index (χ3v) is 3.24. The number of halogens is 3. The first-order valence-corrected chi connectivity index (χ1v) is 7.03. The number of carbonyl (C=O) groups is 2. The third kappa shape index (κ3) is 4.20. The van der Waals surface area contributed by atoms with Crippen LogP contribution in [0.25, 0.3) is 0 Å². The summed E-state index contributed by atoms with van der Waals surface area (Å²) in [5.74, 6) is -0.955. The molecule has 1 aliphatic heterocycles. The molecule has 0 spiro atoms. The molecule has 1 aromatic heterocycles. The van der Waals surface area contributed by atoms with Gasteiger partial charge in [-0.1, -0.05) is 0 Å². The second-order valence-electron chi connectivity index (χ2n) is 6.37. The lowest BCUT2D eigenvalue weighted by Gasteiger charge is -2.38. The number of nitrogens with zero attached hydrogens (tertiary/aromatic N) is 2. The minimum atomic E-state index is -4.60. The Morgan fingerprint density at radius 1 is 1.26 bits per heavy atom. The molecule has 1 amide bonds. The number of rotatable bonds is 2. The molecule has 126 valence electrons. The van der Waals surface area contributed by atoms with Crippen LogP contribution in [0.1, 0.15) is 36.8 Å². The summed E-state index contributed by atoms with van der Waals surface area (Å²) < 4.78 is 43.0. The molecule has 0 aromatic carbocycles. The first-order chi connectivity index (χ1) is 10.5. The van der Waals surface area contributed by atoms with Crippen LogP contribution in [-0.2, 0) is 10.9 Å². The van der Waals surface area contributed by atoms with Crippen molar-refractivity contribution in [1.82, 2.24) is 9.88 Å². The molecule has 23 heavy (non-hydrogen) atoms. The van der Waals surface area contributed by atoms with E-state index in [1.807, 2.05) is 0 Å². The molecular weight excluding hydrogens is 313 g/mol. The van der Waals surface area contributed by atoms with Crippen molar-refractivity contribution in [3.63, 3.8) is 0 Å². The van der Waals surface area contributed by atoms with Crippen LogP contribution >= 0.6 is 0 Å². The van der Waals surface area contributed by atoms with E-state index in [1.54, 1.807) is 20.8 Å². The number of aromatic nitrogens is 1. The van der Waals surface area contributed by atoms with Crippen molar-refractivity contribution in [3.05, 3.63) is 29.6 Å². The molecule has 0 N–H and O–H groups in total. The SMILES string of the molecule is CC(C)(C)OC(=O)N1CC(C(=O)c2ccnc(C(F)(F)F)c2)C1. The van der Waals surface area contributed by atoms with Crippen LogP contribution in [-0.4, -0.2) is 40.5 Å². The van der Waals surface area contributed by atoms with Crippen molar-refractivity contribution < 1.29 is 27.5 Å². The van der Waals surface area contributed by atoms with Gasteiger partial charge >= 0.3 is 12.3 Å². The molecule has 1 aliphatic rings. The van der Waals surface area contributed by atoms with Crippen LogP contribution in [0.2, 0.25) is 0 Å². The van der Waals surface area contributed by atoms with Gasteiger partial charge in [0.25, 0.3) is 0 Å². The smallest absolute Gasteiger partial charge is 0.433 e. The summed E-state index contributed by atoms with van der Waals surface area (Å²) in [4.78, 5) is 28.5. The maximum Gasteiger partial charge on any atom is 0.433 e. The Hall–Kier alpha value is -2.12. The largest absolute Gasteiger partial charge is 0.444 e. The van der Waals surface area contributed by atoms with Crippen molar-refractivity contribution in [2.75, 3.05) is 13.1 Å². The molecule has 0 atom stereocenters. The fraction of sp³-hybridized carbons (Fsp3) is 0.533. The minimum Gasteiger partial charge on any atom is -0.444 e. The van der Waals surface area contributed by atoms with Crippen molar-refractivity contribution in [3.8, 4) is 0 Å².